The molecule has 0 aliphatic carbocycles. The molecule has 1 aliphatic heterocycles. The first-order valence-corrected chi connectivity index (χ1v) is 10.3. The highest BCUT2D eigenvalue weighted by Gasteiger charge is 2.38. The molecule has 31 heavy (non-hydrogen) atoms. The van der Waals surface area contributed by atoms with Crippen LogP contribution in [0.4, 0.5) is 16.6 Å². The number of halogens is 2. The van der Waals surface area contributed by atoms with Crippen molar-refractivity contribution in [1.82, 2.24) is 19.7 Å². The summed E-state index contributed by atoms with van der Waals surface area (Å²) >= 11 is 12.1. The fraction of sp³-hybridized carbons (Fsp3) is 0.300. The van der Waals surface area contributed by atoms with Gasteiger partial charge in [-0.3, -0.25) is 4.90 Å². The molecule has 3 aromatic rings. The number of hydrogen-bond donors (Lipinski definition) is 2. The van der Waals surface area contributed by atoms with E-state index in [1.807, 2.05) is 25.3 Å². The summed E-state index contributed by atoms with van der Waals surface area (Å²) in [5, 5.41) is 18.3. The number of anilines is 2. The Morgan fingerprint density at radius 2 is 1.97 bits per heavy atom. The number of ether oxygens (including phenoxy) is 1. The van der Waals surface area contributed by atoms with Crippen LogP contribution in [0.1, 0.15) is 25.5 Å². The van der Waals surface area contributed by atoms with Crippen molar-refractivity contribution in [1.29, 1.82) is 0 Å². The number of aromatic nitrogens is 4. The maximum atomic E-state index is 12.2. The fourth-order valence-corrected chi connectivity index (χ4v) is 3.52. The van der Waals surface area contributed by atoms with Crippen LogP contribution >= 0.6 is 23.2 Å². The van der Waals surface area contributed by atoms with E-state index >= 15 is 0 Å². The normalized spacial score (nSPS) is 18.0. The van der Waals surface area contributed by atoms with Gasteiger partial charge in [0.25, 0.3) is 0 Å². The molecule has 1 aromatic carbocycles. The van der Waals surface area contributed by atoms with Crippen molar-refractivity contribution < 1.29 is 14.6 Å². The molecule has 3 atom stereocenters. The average molecular weight is 463 g/mol. The largest absolute Gasteiger partial charge is 0.447 e. The van der Waals surface area contributed by atoms with Gasteiger partial charge in [0.05, 0.1) is 24.0 Å². The number of nitrogens with zero attached hydrogens (tertiary/aromatic N) is 5. The molecule has 9 nitrogen and oxygen atoms in total. The third kappa shape index (κ3) is 4.58. The SMILES string of the molecule is C[C@H](Nc1nc(Cl)cc(N2C(=O)OCC2[C@@H](C)O)n1)c1cnn(-c2ccc(Cl)cc2)c1. The van der Waals surface area contributed by atoms with Gasteiger partial charge in [0.1, 0.15) is 23.6 Å². The number of cyclic esters (lactones) is 1. The van der Waals surface area contributed by atoms with Crippen LogP contribution in [0.15, 0.2) is 42.7 Å². The second-order valence-electron chi connectivity index (χ2n) is 7.19. The lowest BCUT2D eigenvalue weighted by molar-refractivity contribution is 0.142. The van der Waals surface area contributed by atoms with Crippen molar-refractivity contribution in [2.75, 3.05) is 16.8 Å². The van der Waals surface area contributed by atoms with Gasteiger partial charge in [-0.15, -0.1) is 0 Å². The lowest BCUT2D eigenvalue weighted by atomic mass is 10.2. The van der Waals surface area contributed by atoms with E-state index in [1.54, 1.807) is 29.9 Å². The van der Waals surface area contributed by atoms with E-state index in [9.17, 15) is 9.90 Å². The number of carbonyl (C=O) groups excluding carboxylic acids is 1. The van der Waals surface area contributed by atoms with Crippen molar-refractivity contribution in [3.8, 4) is 5.69 Å². The predicted molar refractivity (Wildman–Crippen MR) is 117 cm³/mol. The van der Waals surface area contributed by atoms with E-state index in [4.69, 9.17) is 27.9 Å². The molecular formula is C20H20Cl2N6O3. The average Bonchev–Trinajstić information content (AvgIpc) is 3.35. The van der Waals surface area contributed by atoms with Crippen LogP contribution in [0.25, 0.3) is 5.69 Å². The van der Waals surface area contributed by atoms with E-state index < -0.39 is 18.2 Å². The first-order chi connectivity index (χ1) is 14.8. The van der Waals surface area contributed by atoms with Crippen molar-refractivity contribution in [3.63, 3.8) is 0 Å². The van der Waals surface area contributed by atoms with E-state index in [-0.39, 0.29) is 29.6 Å². The summed E-state index contributed by atoms with van der Waals surface area (Å²) in [6, 6.07) is 8.04. The van der Waals surface area contributed by atoms with Crippen molar-refractivity contribution in [2.24, 2.45) is 0 Å². The summed E-state index contributed by atoms with van der Waals surface area (Å²) in [6.07, 6.45) is 2.23. The van der Waals surface area contributed by atoms with Crippen LogP contribution < -0.4 is 10.2 Å². The molecule has 1 unspecified atom stereocenters. The Morgan fingerprint density at radius 3 is 2.68 bits per heavy atom. The van der Waals surface area contributed by atoms with Crippen LogP contribution in [0.2, 0.25) is 10.2 Å². The Morgan fingerprint density at radius 1 is 1.23 bits per heavy atom. The number of rotatable bonds is 6. The molecule has 1 fully saturated rings. The molecule has 0 saturated carbocycles. The molecule has 162 valence electrons. The van der Waals surface area contributed by atoms with Gasteiger partial charge in [-0.05, 0) is 38.1 Å². The molecule has 0 bridgehead atoms. The molecular weight excluding hydrogens is 443 g/mol. The van der Waals surface area contributed by atoms with Crippen molar-refractivity contribution in [2.45, 2.75) is 32.0 Å². The van der Waals surface area contributed by atoms with Gasteiger partial charge >= 0.3 is 6.09 Å². The minimum absolute atomic E-state index is 0.0706. The molecule has 0 radical (unpaired) electrons. The van der Waals surface area contributed by atoms with E-state index in [0.29, 0.717) is 5.02 Å². The molecule has 2 N–H and O–H groups in total. The minimum Gasteiger partial charge on any atom is -0.447 e. The van der Waals surface area contributed by atoms with Crippen LogP contribution in [-0.4, -0.2) is 49.7 Å². The summed E-state index contributed by atoms with van der Waals surface area (Å²) in [5.41, 5.74) is 1.77. The lowest BCUT2D eigenvalue weighted by Crippen LogP contribution is -2.41. The number of aliphatic hydroxyl groups excluding tert-OH is 1. The molecule has 3 heterocycles. The predicted octanol–water partition coefficient (Wildman–Crippen LogP) is 3.85. The zero-order valence-corrected chi connectivity index (χ0v) is 18.2. The highest BCUT2D eigenvalue weighted by atomic mass is 35.5. The highest BCUT2D eigenvalue weighted by Crippen LogP contribution is 2.27. The molecule has 1 amide bonds. The number of nitrogens with one attached hydrogen (secondary N) is 1. The van der Waals surface area contributed by atoms with Gasteiger partial charge in [-0.25, -0.2) is 14.5 Å². The lowest BCUT2D eigenvalue weighted by Gasteiger charge is -2.23. The Kier molecular flexibility index (Phi) is 5.99. The Hall–Kier alpha value is -2.88. The van der Waals surface area contributed by atoms with E-state index in [2.05, 4.69) is 20.4 Å². The number of aliphatic hydroxyl groups is 1. The summed E-state index contributed by atoms with van der Waals surface area (Å²) in [7, 11) is 0. The molecule has 0 spiro atoms. The third-order valence-corrected chi connectivity index (χ3v) is 5.38. The maximum absolute atomic E-state index is 12.2. The molecule has 11 heteroatoms. The van der Waals surface area contributed by atoms with Crippen LogP contribution in [0.3, 0.4) is 0 Å². The highest BCUT2D eigenvalue weighted by molar-refractivity contribution is 6.30. The van der Waals surface area contributed by atoms with Crippen LogP contribution in [-0.2, 0) is 4.74 Å². The van der Waals surface area contributed by atoms with Crippen molar-refractivity contribution in [3.05, 3.63) is 58.5 Å². The number of benzene rings is 1. The van der Waals surface area contributed by atoms with E-state index in [1.165, 1.54) is 11.0 Å². The minimum atomic E-state index is -0.797. The zero-order chi connectivity index (χ0) is 22.1. The fourth-order valence-electron chi connectivity index (χ4n) is 3.22. The summed E-state index contributed by atoms with van der Waals surface area (Å²) < 4.78 is 6.80. The first-order valence-electron chi connectivity index (χ1n) is 9.57. The van der Waals surface area contributed by atoms with E-state index in [0.717, 1.165) is 11.3 Å². The van der Waals surface area contributed by atoms with Crippen LogP contribution in [0.5, 0.6) is 0 Å². The Bertz CT molecular complexity index is 1090. The summed E-state index contributed by atoms with van der Waals surface area (Å²) in [4.78, 5) is 22.1. The third-order valence-electron chi connectivity index (χ3n) is 4.93. The molecule has 4 rings (SSSR count). The maximum Gasteiger partial charge on any atom is 0.416 e. The van der Waals surface area contributed by atoms with Gasteiger partial charge in [0, 0.05) is 22.8 Å². The van der Waals surface area contributed by atoms with Gasteiger partial charge in [0.2, 0.25) is 5.95 Å². The van der Waals surface area contributed by atoms with Gasteiger partial charge in [-0.2, -0.15) is 10.1 Å². The second kappa shape index (κ2) is 8.70. The number of carbonyl (C=O) groups is 1. The van der Waals surface area contributed by atoms with Gasteiger partial charge < -0.3 is 15.2 Å². The molecule has 2 aromatic heterocycles. The smallest absolute Gasteiger partial charge is 0.416 e. The standard InChI is InChI=1S/C20H20Cl2N6O3/c1-11(13-8-23-27(9-13)15-5-3-14(21)4-6-15)24-19-25-17(22)7-18(26-19)28-16(12(2)29)10-31-20(28)30/h3-9,11-12,16,29H,10H2,1-2H3,(H,24,25,26)/t11-,12+,16?/m0/s1. The van der Waals surface area contributed by atoms with Crippen molar-refractivity contribution >= 4 is 41.1 Å². The summed E-state index contributed by atoms with van der Waals surface area (Å²) in [5.74, 6) is 0.484. The summed E-state index contributed by atoms with van der Waals surface area (Å²) in [6.45, 7) is 3.58. The van der Waals surface area contributed by atoms with Gasteiger partial charge in [-0.1, -0.05) is 23.2 Å². The molecule has 1 saturated heterocycles. The number of hydrogen-bond acceptors (Lipinski definition) is 7. The Labute approximate surface area is 188 Å². The Balaban J connectivity index is 1.54. The number of amides is 1. The first kappa shape index (κ1) is 21.4. The second-order valence-corrected chi connectivity index (χ2v) is 8.01. The molecule has 1 aliphatic rings. The quantitative estimate of drug-likeness (QED) is 0.535. The van der Waals surface area contributed by atoms with Crippen LogP contribution in [0, 0.1) is 0 Å². The monoisotopic (exact) mass is 462 g/mol. The van der Waals surface area contributed by atoms with Gasteiger partial charge in [0.15, 0.2) is 0 Å². The topological polar surface area (TPSA) is 105 Å². The zero-order valence-electron chi connectivity index (χ0n) is 16.7.